The fraction of sp³-hybridized carbons (Fsp3) is 0.280. The highest BCUT2D eigenvalue weighted by Gasteiger charge is 2.37. The third kappa shape index (κ3) is 15.0. The second-order valence-corrected chi connectivity index (χ2v) is 24.5. The monoisotopic (exact) mass is 1240 g/mol. The number of carbonyl (C=O) groups is 2. The van der Waals surface area contributed by atoms with E-state index < -0.39 is 0 Å². The van der Waals surface area contributed by atoms with Crippen LogP contribution in [-0.4, -0.2) is 77.1 Å². The lowest BCUT2D eigenvalue weighted by atomic mass is 9.76. The van der Waals surface area contributed by atoms with Gasteiger partial charge >= 0.3 is 12.1 Å². The Morgan fingerprint density at radius 3 is 1.43 bits per heavy atom. The molecule has 0 radical (unpaired) electrons. The van der Waals surface area contributed by atoms with E-state index in [0.717, 1.165) is 110 Å². The third-order valence-electron chi connectivity index (χ3n) is 18.0. The van der Waals surface area contributed by atoms with Crippen molar-refractivity contribution in [2.24, 2.45) is 11.8 Å². The molecule has 2 fully saturated rings. The van der Waals surface area contributed by atoms with Gasteiger partial charge in [0.25, 0.3) is 0 Å². The van der Waals surface area contributed by atoms with Gasteiger partial charge in [-0.3, -0.25) is 9.97 Å². The number of aromatic nitrogens is 6. The predicted octanol–water partition coefficient (Wildman–Crippen LogP) is 16.6. The van der Waals surface area contributed by atoms with E-state index in [1.807, 2.05) is 65.2 Å². The van der Waals surface area contributed by atoms with Crippen molar-refractivity contribution in [2.45, 2.75) is 97.1 Å². The fourth-order valence-corrected chi connectivity index (χ4v) is 13.7. The van der Waals surface area contributed by atoms with Gasteiger partial charge in [-0.1, -0.05) is 104 Å². The number of aryl methyl sites for hydroxylation is 5. The van der Waals surface area contributed by atoms with Gasteiger partial charge in [0, 0.05) is 97.3 Å². The van der Waals surface area contributed by atoms with Crippen LogP contribution in [0.5, 0.6) is 0 Å². The van der Waals surface area contributed by atoms with Crippen LogP contribution in [0.2, 0.25) is 10.0 Å². The number of allylic oxidation sites excluding steroid dienone is 2. The molecule has 14 nitrogen and oxygen atoms in total. The van der Waals surface area contributed by atoms with E-state index in [1.165, 1.54) is 39.0 Å². The van der Waals surface area contributed by atoms with Crippen molar-refractivity contribution in [1.29, 1.82) is 10.5 Å². The summed E-state index contributed by atoms with van der Waals surface area (Å²) in [6.07, 6.45) is 24.5. The number of halogens is 2. The molecule has 2 atom stereocenters. The predicted molar refractivity (Wildman–Crippen MR) is 363 cm³/mol. The third-order valence-corrected chi connectivity index (χ3v) is 18.5. The van der Waals surface area contributed by atoms with E-state index in [0.29, 0.717) is 65.5 Å². The molecule has 91 heavy (non-hydrogen) atoms. The number of fused-ring (bicyclic) bond motifs is 4. The number of likely N-dealkylation sites (tertiary alicyclic amines) is 2. The number of pyridine rings is 2. The lowest BCUT2D eigenvalue weighted by Gasteiger charge is -2.36. The minimum Gasteiger partial charge on any atom is -0.337 e. The maximum Gasteiger partial charge on any atom is 0.321 e. The number of urea groups is 2. The number of carbonyl (C=O) groups excluding carboxylic acids is 2. The fourth-order valence-electron chi connectivity index (χ4n) is 13.3. The Balaban J connectivity index is 0.000000186. The minimum absolute atomic E-state index is 0. The molecule has 6 heterocycles. The number of rotatable bonds is 14. The molecule has 2 unspecified atom stereocenters. The van der Waals surface area contributed by atoms with Crippen LogP contribution in [0, 0.1) is 34.5 Å². The number of nitriles is 2. The summed E-state index contributed by atoms with van der Waals surface area (Å²) in [7, 11) is 0. The van der Waals surface area contributed by atoms with Gasteiger partial charge in [-0.15, -0.1) is 0 Å². The average molecular weight is 1250 g/mol. The summed E-state index contributed by atoms with van der Waals surface area (Å²) in [5.41, 5.74) is 17.8. The number of benzene rings is 5. The highest BCUT2D eigenvalue weighted by molar-refractivity contribution is 6.31. The molecule has 4 aliphatic rings. The molecule has 9 aromatic rings. The van der Waals surface area contributed by atoms with Crippen LogP contribution in [0.25, 0.3) is 23.3 Å². The zero-order valence-corrected chi connectivity index (χ0v) is 51.9. The first kappa shape index (κ1) is 63.0. The molecule has 5 aromatic carbocycles. The van der Waals surface area contributed by atoms with Crippen molar-refractivity contribution in [3.63, 3.8) is 0 Å². The second kappa shape index (κ2) is 29.4. The number of amides is 4. The first-order valence-electron chi connectivity index (χ1n) is 31.1. The number of hydrogen-bond donors (Lipinski definition) is 2. The second-order valence-electron chi connectivity index (χ2n) is 23.6. The molecule has 0 saturated carbocycles. The van der Waals surface area contributed by atoms with Gasteiger partial charge in [0.05, 0.1) is 58.7 Å². The first-order chi connectivity index (χ1) is 44.1. The van der Waals surface area contributed by atoms with Gasteiger partial charge in [-0.2, -0.15) is 10.5 Å². The Morgan fingerprint density at radius 2 is 0.989 bits per heavy atom. The number of nitrogens with one attached hydrogen (secondary N) is 2. The van der Waals surface area contributed by atoms with Crippen LogP contribution in [-0.2, 0) is 32.4 Å². The van der Waals surface area contributed by atoms with Crippen LogP contribution in [0.1, 0.15) is 138 Å². The van der Waals surface area contributed by atoms with Crippen molar-refractivity contribution in [3.05, 3.63) is 260 Å². The van der Waals surface area contributed by atoms with E-state index in [-0.39, 0.29) is 31.3 Å². The van der Waals surface area contributed by atoms with Gasteiger partial charge in [-0.05, 0) is 205 Å². The lowest BCUT2D eigenvalue weighted by Crippen LogP contribution is -2.42. The Bertz CT molecular complexity index is 4160. The number of anilines is 2. The Hall–Kier alpha value is -9.60. The van der Waals surface area contributed by atoms with Gasteiger partial charge in [-0.25, -0.2) is 19.6 Å². The normalized spacial score (nSPS) is 16.0. The molecule has 4 amide bonds. The number of hydrogen-bond acceptors (Lipinski definition) is 8. The maximum absolute atomic E-state index is 13.1. The summed E-state index contributed by atoms with van der Waals surface area (Å²) in [6, 6.07) is 49.3. The Labute approximate surface area is 543 Å². The summed E-state index contributed by atoms with van der Waals surface area (Å²) in [5, 5.41) is 25.5. The van der Waals surface area contributed by atoms with Gasteiger partial charge < -0.3 is 29.6 Å². The number of piperidine rings is 2. The first-order valence-corrected chi connectivity index (χ1v) is 31.9. The average Bonchev–Trinajstić information content (AvgIpc) is 1.72. The summed E-state index contributed by atoms with van der Waals surface area (Å²) in [4.78, 5) is 49.2. The zero-order chi connectivity index (χ0) is 61.9. The molecule has 0 spiro atoms. The highest BCUT2D eigenvalue weighted by atomic mass is 35.5. The Morgan fingerprint density at radius 1 is 0.538 bits per heavy atom. The minimum atomic E-state index is -0.114. The standard InChI is InChI=1S/C40H37ClN6O.C34H33ClN6O.CH4/c41-33-11-15-36-32(24-33)23-31(16-20-46-26-35(44-27-46)14-8-28-5-2-1-3-6-28)37-7-4-19-43-39(37)38(36)30-17-21-47(22-18-30)40(48)45-34-12-9-29(25-42)10-13-34;1-2-28-21-40(22-38-28)15-11-25-18-26-19-27(35)7-10-30(26)32(33-31(25)4-3-14-37-33)24-12-16-41(17-13-24)34(42)39-29-8-5-23(20-36)6-9-29;/h1-7,9-13,15,19,23-24,26-27,30,38H,8,14,16-18,20-22H2,(H,45,48);3-10,14,18-19,21-22,24,32H,2,11-13,15-17H2,1H3,(H,39,42);1H4. The van der Waals surface area contributed by atoms with Gasteiger partial charge in [0.2, 0.25) is 0 Å². The molecule has 2 saturated heterocycles. The van der Waals surface area contributed by atoms with Gasteiger partial charge in [0.1, 0.15) is 0 Å². The molecule has 2 aliphatic heterocycles. The van der Waals surface area contributed by atoms with Crippen molar-refractivity contribution >= 4 is 69.9 Å². The molecule has 2 N–H and O–H groups in total. The van der Waals surface area contributed by atoms with Crippen LogP contribution in [0.15, 0.2) is 177 Å². The van der Waals surface area contributed by atoms with E-state index in [4.69, 9.17) is 48.7 Å². The van der Waals surface area contributed by atoms with Crippen molar-refractivity contribution in [1.82, 2.24) is 38.9 Å². The molecular weight excluding hydrogens is 1170 g/mol. The highest BCUT2D eigenvalue weighted by Crippen LogP contribution is 2.47. The van der Waals surface area contributed by atoms with Crippen LogP contribution < -0.4 is 10.6 Å². The molecule has 460 valence electrons. The summed E-state index contributed by atoms with van der Waals surface area (Å²) >= 11 is 13.1. The van der Waals surface area contributed by atoms with Crippen molar-refractivity contribution < 1.29 is 9.59 Å². The molecule has 0 bridgehead atoms. The molecule has 16 heteroatoms. The topological polar surface area (TPSA) is 174 Å². The van der Waals surface area contributed by atoms with E-state index >= 15 is 0 Å². The molecule has 2 aliphatic carbocycles. The number of nitrogens with zero attached hydrogens (tertiary/aromatic N) is 10. The molecule has 13 rings (SSSR count). The van der Waals surface area contributed by atoms with Crippen LogP contribution in [0.4, 0.5) is 21.0 Å². The van der Waals surface area contributed by atoms with Gasteiger partial charge in [0.15, 0.2) is 0 Å². The maximum atomic E-state index is 13.1. The van der Waals surface area contributed by atoms with Crippen LogP contribution >= 0.6 is 23.2 Å². The smallest absolute Gasteiger partial charge is 0.321 e. The lowest BCUT2D eigenvalue weighted by molar-refractivity contribution is 0.177. The zero-order valence-electron chi connectivity index (χ0n) is 50.4. The molecular formula is C75H74Cl2N12O2. The Kier molecular flexibility index (Phi) is 20.3. The quantitative estimate of drug-likeness (QED) is 0.108. The number of imidazole rings is 2. The summed E-state index contributed by atoms with van der Waals surface area (Å²) in [5.74, 6) is 0.826. The SMILES string of the molecule is C.CCc1cn(CCC2=Cc3cc(Cl)ccc3C(C3CCN(C(=O)Nc4ccc(C#N)cc4)CC3)c3ncccc32)cn1.N#Cc1ccc(NC(=O)N2CCC(C3c4ccc(Cl)cc4C=C(CCn4cnc(CCc5ccccc5)c4)c4cccnc43)CC2)cc1. The van der Waals surface area contributed by atoms with E-state index in [2.05, 4.69) is 129 Å². The van der Waals surface area contributed by atoms with Crippen LogP contribution in [0.3, 0.4) is 0 Å². The van der Waals surface area contributed by atoms with Crippen molar-refractivity contribution in [3.8, 4) is 12.1 Å². The largest absolute Gasteiger partial charge is 0.337 e. The summed E-state index contributed by atoms with van der Waals surface area (Å²) < 4.78 is 4.35. The van der Waals surface area contributed by atoms with Crippen molar-refractivity contribution in [2.75, 3.05) is 36.8 Å². The summed E-state index contributed by atoms with van der Waals surface area (Å²) in [6.45, 7) is 6.40. The van der Waals surface area contributed by atoms with E-state index in [9.17, 15) is 9.59 Å². The van der Waals surface area contributed by atoms with E-state index in [1.54, 1.807) is 48.5 Å². The molecule has 4 aromatic heterocycles.